The van der Waals surface area contributed by atoms with Gasteiger partial charge in [0.15, 0.2) is 0 Å². The zero-order valence-electron chi connectivity index (χ0n) is 14.1. The number of benzene rings is 1. The lowest BCUT2D eigenvalue weighted by molar-refractivity contribution is 0.0600. The molecule has 1 heterocycles. The summed E-state index contributed by atoms with van der Waals surface area (Å²) >= 11 is 0. The van der Waals surface area contributed by atoms with E-state index in [4.69, 9.17) is 0 Å². The van der Waals surface area contributed by atoms with E-state index < -0.39 is 5.97 Å². The van der Waals surface area contributed by atoms with Gasteiger partial charge in [-0.2, -0.15) is 0 Å². The number of carbonyl (C=O) groups excluding carboxylic acids is 2. The number of aromatic nitrogens is 1. The molecule has 6 heteroatoms. The van der Waals surface area contributed by atoms with Crippen LogP contribution in [0.4, 0.5) is 11.4 Å². The first-order valence-electron chi connectivity index (χ1n) is 8.38. The van der Waals surface area contributed by atoms with E-state index in [0.717, 1.165) is 5.69 Å². The molecule has 1 saturated carbocycles. The fourth-order valence-corrected chi connectivity index (χ4v) is 2.96. The Bertz CT molecular complexity index is 753. The summed E-state index contributed by atoms with van der Waals surface area (Å²) in [6, 6.07) is 10.7. The van der Waals surface area contributed by atoms with Crippen molar-refractivity contribution in [3.05, 3.63) is 53.9 Å². The Labute approximate surface area is 146 Å². The summed E-state index contributed by atoms with van der Waals surface area (Å²) in [5.41, 5.74) is 2.14. The number of carbonyl (C=O) groups is 2. The van der Waals surface area contributed by atoms with Gasteiger partial charge in [0.25, 0.3) is 5.91 Å². The van der Waals surface area contributed by atoms with Crippen LogP contribution in [0.25, 0.3) is 0 Å². The predicted octanol–water partition coefficient (Wildman–Crippen LogP) is 3.48. The Kier molecular flexibility index (Phi) is 5.28. The maximum atomic E-state index is 12.3. The van der Waals surface area contributed by atoms with E-state index in [2.05, 4.69) is 20.4 Å². The second-order valence-corrected chi connectivity index (χ2v) is 6.08. The number of esters is 1. The number of hydrogen-bond donors (Lipinski definition) is 2. The molecule has 0 saturated heterocycles. The van der Waals surface area contributed by atoms with Gasteiger partial charge in [0.2, 0.25) is 0 Å². The average Bonchev–Trinajstić information content (AvgIpc) is 3.15. The minimum atomic E-state index is -0.448. The van der Waals surface area contributed by atoms with E-state index >= 15 is 0 Å². The van der Waals surface area contributed by atoms with Crippen molar-refractivity contribution in [3.8, 4) is 0 Å². The normalized spacial score (nSPS) is 14.1. The quantitative estimate of drug-likeness (QED) is 0.815. The highest BCUT2D eigenvalue weighted by atomic mass is 16.5. The molecule has 1 aliphatic rings. The molecule has 1 aromatic carbocycles. The zero-order chi connectivity index (χ0) is 17.6. The minimum Gasteiger partial charge on any atom is -0.465 e. The van der Waals surface area contributed by atoms with Crippen LogP contribution in [0.3, 0.4) is 0 Å². The van der Waals surface area contributed by atoms with Crippen molar-refractivity contribution < 1.29 is 14.3 Å². The maximum Gasteiger partial charge on any atom is 0.337 e. The van der Waals surface area contributed by atoms with Gasteiger partial charge in [0.05, 0.1) is 24.6 Å². The van der Waals surface area contributed by atoms with Gasteiger partial charge in [-0.1, -0.05) is 18.9 Å². The van der Waals surface area contributed by atoms with Crippen LogP contribution in [0.15, 0.2) is 42.6 Å². The lowest BCUT2D eigenvalue weighted by Crippen LogP contribution is -2.16. The first kappa shape index (κ1) is 17.0. The largest absolute Gasteiger partial charge is 0.465 e. The molecular weight excluding hydrogens is 318 g/mol. The summed E-state index contributed by atoms with van der Waals surface area (Å²) in [4.78, 5) is 28.1. The average molecular weight is 339 g/mol. The second-order valence-electron chi connectivity index (χ2n) is 6.08. The lowest BCUT2D eigenvalue weighted by Gasteiger charge is -2.13. The Morgan fingerprint density at radius 1 is 1.12 bits per heavy atom. The molecule has 0 radical (unpaired) electrons. The molecule has 3 rings (SSSR count). The molecule has 25 heavy (non-hydrogen) atoms. The van der Waals surface area contributed by atoms with Crippen LogP contribution in [0, 0.1) is 0 Å². The number of amides is 1. The van der Waals surface area contributed by atoms with Crippen LogP contribution >= 0.6 is 0 Å². The van der Waals surface area contributed by atoms with Crippen molar-refractivity contribution in [2.45, 2.75) is 31.7 Å². The fraction of sp³-hybridized carbons (Fsp3) is 0.316. The first-order valence-corrected chi connectivity index (χ1v) is 8.38. The molecule has 1 aromatic heterocycles. The summed E-state index contributed by atoms with van der Waals surface area (Å²) in [6.45, 7) is 0. The standard InChI is InChI=1S/C19H21N3O3/c1-25-19(24)13-5-4-8-15(11-13)22-18(23)17-10-9-16(12-20-17)21-14-6-2-3-7-14/h4-5,8-12,14,21H,2-3,6-7H2,1H3,(H,22,23). The Morgan fingerprint density at radius 2 is 1.92 bits per heavy atom. The van der Waals surface area contributed by atoms with Crippen molar-refractivity contribution in [2.24, 2.45) is 0 Å². The van der Waals surface area contributed by atoms with E-state index in [9.17, 15) is 9.59 Å². The third-order valence-corrected chi connectivity index (χ3v) is 4.26. The van der Waals surface area contributed by atoms with E-state index in [1.165, 1.54) is 32.8 Å². The molecule has 6 nitrogen and oxygen atoms in total. The highest BCUT2D eigenvalue weighted by Crippen LogP contribution is 2.22. The summed E-state index contributed by atoms with van der Waals surface area (Å²) in [6.07, 6.45) is 6.56. The Hall–Kier alpha value is -2.89. The van der Waals surface area contributed by atoms with Crippen molar-refractivity contribution in [1.29, 1.82) is 0 Å². The molecule has 0 bridgehead atoms. The summed E-state index contributed by atoms with van der Waals surface area (Å²) in [7, 11) is 1.32. The van der Waals surface area contributed by atoms with Gasteiger partial charge < -0.3 is 15.4 Å². The SMILES string of the molecule is COC(=O)c1cccc(NC(=O)c2ccc(NC3CCCC3)cn2)c1. The van der Waals surface area contributed by atoms with E-state index in [1.54, 1.807) is 36.5 Å². The molecule has 0 atom stereocenters. The van der Waals surface area contributed by atoms with Gasteiger partial charge in [-0.25, -0.2) is 9.78 Å². The second kappa shape index (κ2) is 7.79. The van der Waals surface area contributed by atoms with Crippen LogP contribution in [0.2, 0.25) is 0 Å². The lowest BCUT2D eigenvalue weighted by atomic mass is 10.2. The molecule has 2 aromatic rings. The number of anilines is 2. The van der Waals surface area contributed by atoms with E-state index in [1.807, 2.05) is 6.07 Å². The van der Waals surface area contributed by atoms with Gasteiger partial charge in [-0.05, 0) is 43.2 Å². The number of rotatable bonds is 5. The predicted molar refractivity (Wildman–Crippen MR) is 95.9 cm³/mol. The number of pyridine rings is 1. The van der Waals surface area contributed by atoms with Crippen LogP contribution in [-0.4, -0.2) is 30.0 Å². The van der Waals surface area contributed by atoms with Crippen molar-refractivity contribution in [2.75, 3.05) is 17.7 Å². The number of ether oxygens (including phenoxy) is 1. The van der Waals surface area contributed by atoms with E-state index in [0.29, 0.717) is 23.0 Å². The van der Waals surface area contributed by atoms with E-state index in [-0.39, 0.29) is 5.91 Å². The van der Waals surface area contributed by atoms with Crippen LogP contribution in [-0.2, 0) is 4.74 Å². The van der Waals surface area contributed by atoms with Crippen LogP contribution in [0.1, 0.15) is 46.5 Å². The zero-order valence-corrected chi connectivity index (χ0v) is 14.1. The van der Waals surface area contributed by atoms with Gasteiger partial charge in [-0.3, -0.25) is 4.79 Å². The van der Waals surface area contributed by atoms with Gasteiger partial charge in [-0.15, -0.1) is 0 Å². The summed E-state index contributed by atoms with van der Waals surface area (Å²) < 4.78 is 4.68. The molecular formula is C19H21N3O3. The van der Waals surface area contributed by atoms with Crippen LogP contribution < -0.4 is 10.6 Å². The summed E-state index contributed by atoms with van der Waals surface area (Å²) in [5.74, 6) is -0.772. The fourth-order valence-electron chi connectivity index (χ4n) is 2.96. The number of nitrogens with one attached hydrogen (secondary N) is 2. The molecule has 2 N–H and O–H groups in total. The molecule has 1 aliphatic carbocycles. The molecule has 130 valence electrons. The van der Waals surface area contributed by atoms with Crippen molar-refractivity contribution >= 4 is 23.3 Å². The third kappa shape index (κ3) is 4.35. The molecule has 0 spiro atoms. The molecule has 0 unspecified atom stereocenters. The first-order chi connectivity index (χ1) is 12.2. The Morgan fingerprint density at radius 3 is 2.60 bits per heavy atom. The van der Waals surface area contributed by atoms with Crippen LogP contribution in [0.5, 0.6) is 0 Å². The topological polar surface area (TPSA) is 80.3 Å². The third-order valence-electron chi connectivity index (χ3n) is 4.26. The monoisotopic (exact) mass is 339 g/mol. The number of hydrogen-bond acceptors (Lipinski definition) is 5. The highest BCUT2D eigenvalue weighted by Gasteiger charge is 2.15. The molecule has 0 aliphatic heterocycles. The Balaban J connectivity index is 1.63. The molecule has 1 fully saturated rings. The smallest absolute Gasteiger partial charge is 0.337 e. The minimum absolute atomic E-state index is 0.320. The summed E-state index contributed by atoms with van der Waals surface area (Å²) in [5, 5.41) is 6.18. The number of methoxy groups -OCH3 is 1. The maximum absolute atomic E-state index is 12.3. The number of nitrogens with zero attached hydrogens (tertiary/aromatic N) is 1. The van der Waals surface area contributed by atoms with Crippen molar-refractivity contribution in [3.63, 3.8) is 0 Å². The van der Waals surface area contributed by atoms with Crippen molar-refractivity contribution in [1.82, 2.24) is 4.98 Å². The highest BCUT2D eigenvalue weighted by molar-refractivity contribution is 6.03. The van der Waals surface area contributed by atoms with Gasteiger partial charge in [0, 0.05) is 11.7 Å². The van der Waals surface area contributed by atoms with Gasteiger partial charge >= 0.3 is 5.97 Å². The van der Waals surface area contributed by atoms with Gasteiger partial charge in [0.1, 0.15) is 5.69 Å². The molecule has 1 amide bonds.